The van der Waals surface area contributed by atoms with Gasteiger partial charge in [0.1, 0.15) is 6.10 Å². The van der Waals surface area contributed by atoms with Gasteiger partial charge in [0.2, 0.25) is 0 Å². The Hall–Kier alpha value is -1.84. The van der Waals surface area contributed by atoms with Gasteiger partial charge in [0.15, 0.2) is 0 Å². The number of cyclic esters (lactones) is 1. The number of carbonyl (C=O) groups excluding carboxylic acids is 1. The summed E-state index contributed by atoms with van der Waals surface area (Å²) in [5, 5.41) is 12.4. The number of carbonyl (C=O) groups is 1. The van der Waals surface area contributed by atoms with Crippen LogP contribution in [0.4, 0.5) is 0 Å². The summed E-state index contributed by atoms with van der Waals surface area (Å²) in [4.78, 5) is 11.3. The second kappa shape index (κ2) is 5.88. The van der Waals surface area contributed by atoms with Crippen LogP contribution < -0.4 is 0 Å². The molecule has 1 aliphatic heterocycles. The summed E-state index contributed by atoms with van der Waals surface area (Å²) in [5.74, 6) is -0.368. The van der Waals surface area contributed by atoms with Gasteiger partial charge in [0.05, 0.1) is 12.5 Å². The van der Waals surface area contributed by atoms with Crippen LogP contribution in [0.25, 0.3) is 16.8 Å². The Morgan fingerprint density at radius 1 is 1.24 bits per heavy atom. The molecule has 0 unspecified atom stereocenters. The molecule has 0 radical (unpaired) electrons. The highest BCUT2D eigenvalue weighted by atomic mass is 35.5. The van der Waals surface area contributed by atoms with E-state index in [1.807, 2.05) is 42.5 Å². The van der Waals surface area contributed by atoms with E-state index in [1.54, 1.807) is 6.08 Å². The van der Waals surface area contributed by atoms with Crippen LogP contribution in [0, 0.1) is 0 Å². The molecule has 0 aromatic heterocycles. The van der Waals surface area contributed by atoms with Gasteiger partial charge in [-0.15, -0.1) is 0 Å². The molecular weight excluding hydrogens is 288 g/mol. The van der Waals surface area contributed by atoms with Gasteiger partial charge in [0, 0.05) is 17.0 Å². The van der Waals surface area contributed by atoms with Gasteiger partial charge in [-0.3, -0.25) is 4.79 Å². The molecule has 0 aliphatic carbocycles. The SMILES string of the molecule is O=C1C[C@H](O)C[C@@H](/C=C/c2c(Cl)ccc3ccccc23)O1. The van der Waals surface area contributed by atoms with Crippen molar-refractivity contribution in [2.24, 2.45) is 0 Å². The van der Waals surface area contributed by atoms with Gasteiger partial charge in [0.25, 0.3) is 0 Å². The van der Waals surface area contributed by atoms with Crippen molar-refractivity contribution in [2.75, 3.05) is 0 Å². The molecule has 1 heterocycles. The number of halogens is 1. The smallest absolute Gasteiger partial charge is 0.309 e. The number of hydrogen-bond acceptors (Lipinski definition) is 3. The number of fused-ring (bicyclic) bond motifs is 1. The number of hydrogen-bond donors (Lipinski definition) is 1. The zero-order chi connectivity index (χ0) is 14.8. The van der Waals surface area contributed by atoms with Gasteiger partial charge in [-0.25, -0.2) is 0 Å². The molecule has 2 aromatic rings. The van der Waals surface area contributed by atoms with E-state index < -0.39 is 12.2 Å². The minimum absolute atomic E-state index is 0.0688. The Balaban J connectivity index is 1.92. The van der Waals surface area contributed by atoms with Crippen LogP contribution in [0.15, 0.2) is 42.5 Å². The number of esters is 1. The molecule has 0 bridgehead atoms. The minimum atomic E-state index is -0.635. The Kier molecular flexibility index (Phi) is 3.95. The minimum Gasteiger partial charge on any atom is -0.458 e. The van der Waals surface area contributed by atoms with Gasteiger partial charge in [-0.05, 0) is 22.9 Å². The van der Waals surface area contributed by atoms with Crippen LogP contribution in [-0.2, 0) is 9.53 Å². The molecule has 1 aliphatic rings. The highest BCUT2D eigenvalue weighted by molar-refractivity contribution is 6.33. The van der Waals surface area contributed by atoms with Crippen molar-refractivity contribution in [1.29, 1.82) is 0 Å². The van der Waals surface area contributed by atoms with Crippen molar-refractivity contribution >= 4 is 34.4 Å². The summed E-state index contributed by atoms with van der Waals surface area (Å²) < 4.78 is 5.20. The largest absolute Gasteiger partial charge is 0.458 e. The van der Waals surface area contributed by atoms with Crippen molar-refractivity contribution < 1.29 is 14.6 Å². The second-order valence-corrected chi connectivity index (χ2v) is 5.57. The summed E-state index contributed by atoms with van der Waals surface area (Å²) in [5.41, 5.74) is 0.894. The third-order valence-electron chi connectivity index (χ3n) is 3.58. The van der Waals surface area contributed by atoms with E-state index in [0.717, 1.165) is 16.3 Å². The summed E-state index contributed by atoms with van der Waals surface area (Å²) >= 11 is 6.27. The van der Waals surface area contributed by atoms with Crippen LogP contribution in [-0.4, -0.2) is 23.3 Å². The molecule has 21 heavy (non-hydrogen) atoms. The molecule has 0 spiro atoms. The average Bonchev–Trinajstić information content (AvgIpc) is 2.45. The molecule has 1 N–H and O–H groups in total. The van der Waals surface area contributed by atoms with E-state index in [1.165, 1.54) is 0 Å². The number of aliphatic hydroxyl groups is 1. The fraction of sp³-hybridized carbons (Fsp3) is 0.235. The topological polar surface area (TPSA) is 46.5 Å². The molecule has 4 heteroatoms. The molecule has 2 atom stereocenters. The Bertz CT molecular complexity index is 708. The van der Waals surface area contributed by atoms with Gasteiger partial charge in [-0.2, -0.15) is 0 Å². The highest BCUT2D eigenvalue weighted by Gasteiger charge is 2.25. The predicted molar refractivity (Wildman–Crippen MR) is 83.1 cm³/mol. The van der Waals surface area contributed by atoms with Crippen LogP contribution in [0.1, 0.15) is 18.4 Å². The van der Waals surface area contributed by atoms with Gasteiger partial charge < -0.3 is 9.84 Å². The number of ether oxygens (including phenoxy) is 1. The second-order valence-electron chi connectivity index (χ2n) is 5.16. The molecule has 3 nitrogen and oxygen atoms in total. The number of rotatable bonds is 2. The first-order valence-corrected chi connectivity index (χ1v) is 7.24. The van der Waals surface area contributed by atoms with Crippen molar-refractivity contribution in [3.05, 3.63) is 53.1 Å². The number of benzene rings is 2. The zero-order valence-corrected chi connectivity index (χ0v) is 12.1. The Labute approximate surface area is 127 Å². The van der Waals surface area contributed by atoms with Crippen molar-refractivity contribution in [3.63, 3.8) is 0 Å². The number of aliphatic hydroxyl groups excluding tert-OH is 1. The fourth-order valence-electron chi connectivity index (χ4n) is 2.57. The van der Waals surface area contributed by atoms with Crippen LogP contribution in [0.2, 0.25) is 5.02 Å². The van der Waals surface area contributed by atoms with Crippen molar-refractivity contribution in [3.8, 4) is 0 Å². The lowest BCUT2D eigenvalue weighted by molar-refractivity contribution is -0.156. The van der Waals surface area contributed by atoms with E-state index >= 15 is 0 Å². The average molecular weight is 303 g/mol. The summed E-state index contributed by atoms with van der Waals surface area (Å²) in [6, 6.07) is 11.8. The molecule has 3 rings (SSSR count). The predicted octanol–water partition coefficient (Wildman–Crippen LogP) is 3.57. The van der Waals surface area contributed by atoms with Gasteiger partial charge in [-0.1, -0.05) is 48.0 Å². The first-order valence-electron chi connectivity index (χ1n) is 6.86. The third-order valence-corrected chi connectivity index (χ3v) is 3.91. The van der Waals surface area contributed by atoms with Crippen molar-refractivity contribution in [2.45, 2.75) is 25.0 Å². The summed E-state index contributed by atoms with van der Waals surface area (Å²) in [6.45, 7) is 0. The highest BCUT2D eigenvalue weighted by Crippen LogP contribution is 2.28. The quantitative estimate of drug-likeness (QED) is 0.863. The monoisotopic (exact) mass is 302 g/mol. The standard InChI is InChI=1S/C17H15ClO3/c18-16-8-5-11-3-1-2-4-14(11)15(16)7-6-13-9-12(19)10-17(20)21-13/h1-8,12-13,19H,9-10H2/b7-6+/t12-,13-/m1/s1. The maximum absolute atomic E-state index is 11.3. The summed E-state index contributed by atoms with van der Waals surface area (Å²) in [6.07, 6.45) is 3.10. The van der Waals surface area contributed by atoms with Gasteiger partial charge >= 0.3 is 5.97 Å². The third kappa shape index (κ3) is 3.09. The molecule has 0 saturated carbocycles. The first-order chi connectivity index (χ1) is 10.1. The molecular formula is C17H15ClO3. The Morgan fingerprint density at radius 2 is 2.05 bits per heavy atom. The van der Waals surface area contributed by atoms with Crippen molar-refractivity contribution in [1.82, 2.24) is 0 Å². The van der Waals surface area contributed by atoms with E-state index in [4.69, 9.17) is 16.3 Å². The van der Waals surface area contributed by atoms with Crippen LogP contribution in [0.5, 0.6) is 0 Å². The Morgan fingerprint density at radius 3 is 2.86 bits per heavy atom. The fourth-order valence-corrected chi connectivity index (χ4v) is 2.80. The zero-order valence-electron chi connectivity index (χ0n) is 11.3. The van der Waals surface area contributed by atoms with E-state index in [9.17, 15) is 9.90 Å². The van der Waals surface area contributed by atoms with Crippen LogP contribution in [0.3, 0.4) is 0 Å². The maximum Gasteiger partial charge on any atom is 0.309 e. The lowest BCUT2D eigenvalue weighted by Gasteiger charge is -2.23. The van der Waals surface area contributed by atoms with E-state index in [0.29, 0.717) is 11.4 Å². The van der Waals surface area contributed by atoms with E-state index in [-0.39, 0.29) is 12.4 Å². The first kappa shape index (κ1) is 14.1. The molecule has 2 aromatic carbocycles. The normalized spacial score (nSPS) is 22.7. The molecule has 1 saturated heterocycles. The molecule has 108 valence electrons. The summed E-state index contributed by atoms with van der Waals surface area (Å²) in [7, 11) is 0. The lowest BCUT2D eigenvalue weighted by Crippen LogP contribution is -2.31. The molecule has 0 amide bonds. The molecule has 1 fully saturated rings. The lowest BCUT2D eigenvalue weighted by atomic mass is 10.0. The van der Waals surface area contributed by atoms with E-state index in [2.05, 4.69) is 0 Å². The maximum atomic E-state index is 11.3. The van der Waals surface area contributed by atoms with Crippen LogP contribution >= 0.6 is 11.6 Å².